The molecule has 1 amide bonds. The lowest BCUT2D eigenvalue weighted by Crippen LogP contribution is -2.42. The fourth-order valence-electron chi connectivity index (χ4n) is 3.72. The molecule has 2 heterocycles. The van der Waals surface area contributed by atoms with Gasteiger partial charge in [0, 0.05) is 19.1 Å². The van der Waals surface area contributed by atoms with Crippen molar-refractivity contribution in [3.05, 3.63) is 11.7 Å². The second kappa shape index (κ2) is 6.11. The van der Waals surface area contributed by atoms with E-state index in [1.165, 1.54) is 0 Å². The molecule has 128 valence electrons. The van der Waals surface area contributed by atoms with E-state index in [0.29, 0.717) is 30.1 Å². The SMILES string of the molecule is Cc1noc(CN2C[C@@H]3CC[C@@H](NC(=O)OC(C)(C)C)[C@@H]3C2)n1. The Morgan fingerprint density at radius 2 is 2.17 bits per heavy atom. The van der Waals surface area contributed by atoms with Gasteiger partial charge < -0.3 is 14.6 Å². The lowest BCUT2D eigenvalue weighted by molar-refractivity contribution is 0.0491. The molecule has 23 heavy (non-hydrogen) atoms. The number of carbonyl (C=O) groups excluding carboxylic acids is 1. The van der Waals surface area contributed by atoms with E-state index in [4.69, 9.17) is 9.26 Å². The number of fused-ring (bicyclic) bond motifs is 1. The minimum absolute atomic E-state index is 0.198. The Kier molecular flexibility index (Phi) is 4.31. The molecule has 3 atom stereocenters. The zero-order valence-corrected chi connectivity index (χ0v) is 14.3. The highest BCUT2D eigenvalue weighted by atomic mass is 16.6. The van der Waals surface area contributed by atoms with Crippen molar-refractivity contribution in [3.8, 4) is 0 Å². The van der Waals surface area contributed by atoms with Crippen LogP contribution in [0.5, 0.6) is 0 Å². The summed E-state index contributed by atoms with van der Waals surface area (Å²) in [6.45, 7) is 10.1. The number of carbonyl (C=O) groups is 1. The third kappa shape index (κ3) is 4.02. The van der Waals surface area contributed by atoms with Gasteiger partial charge in [0.15, 0.2) is 5.82 Å². The molecular weight excluding hydrogens is 296 g/mol. The van der Waals surface area contributed by atoms with Crippen LogP contribution in [-0.2, 0) is 11.3 Å². The maximum Gasteiger partial charge on any atom is 0.407 e. The highest BCUT2D eigenvalue weighted by molar-refractivity contribution is 5.68. The lowest BCUT2D eigenvalue weighted by Gasteiger charge is -2.24. The minimum atomic E-state index is -0.459. The lowest BCUT2D eigenvalue weighted by atomic mass is 9.98. The first kappa shape index (κ1) is 16.2. The molecule has 7 nitrogen and oxygen atoms in total. The van der Waals surface area contributed by atoms with Gasteiger partial charge >= 0.3 is 6.09 Å². The van der Waals surface area contributed by atoms with Crippen LogP contribution in [0.15, 0.2) is 4.52 Å². The Labute approximate surface area is 136 Å². The Morgan fingerprint density at radius 3 is 2.83 bits per heavy atom. The Morgan fingerprint density at radius 1 is 1.39 bits per heavy atom. The van der Waals surface area contributed by atoms with Crippen molar-refractivity contribution in [2.24, 2.45) is 11.8 Å². The first-order valence-electron chi connectivity index (χ1n) is 8.31. The Hall–Kier alpha value is -1.63. The van der Waals surface area contributed by atoms with Gasteiger partial charge in [-0.2, -0.15) is 4.98 Å². The number of ether oxygens (including phenoxy) is 1. The topological polar surface area (TPSA) is 80.5 Å². The number of aromatic nitrogens is 2. The van der Waals surface area contributed by atoms with E-state index in [9.17, 15) is 4.79 Å². The van der Waals surface area contributed by atoms with Crippen molar-refractivity contribution < 1.29 is 14.1 Å². The third-order valence-electron chi connectivity index (χ3n) is 4.56. The summed E-state index contributed by atoms with van der Waals surface area (Å²) in [4.78, 5) is 18.6. The van der Waals surface area contributed by atoms with Gasteiger partial charge in [0.05, 0.1) is 6.54 Å². The van der Waals surface area contributed by atoms with Crippen molar-refractivity contribution in [1.29, 1.82) is 0 Å². The van der Waals surface area contributed by atoms with Gasteiger partial charge in [-0.1, -0.05) is 5.16 Å². The zero-order chi connectivity index (χ0) is 16.6. The van der Waals surface area contributed by atoms with Crippen LogP contribution >= 0.6 is 0 Å². The maximum absolute atomic E-state index is 12.0. The molecule has 1 aliphatic heterocycles. The number of amides is 1. The standard InChI is InChI=1S/C16H26N4O3/c1-10-17-14(23-19-10)9-20-7-11-5-6-13(12(11)8-20)18-15(21)22-16(2,3)4/h11-13H,5-9H2,1-4H3,(H,18,21)/t11-,12+,13+/m0/s1. The van der Waals surface area contributed by atoms with Gasteiger partial charge in [-0.05, 0) is 52.4 Å². The number of hydrogen-bond acceptors (Lipinski definition) is 6. The van der Waals surface area contributed by atoms with E-state index in [1.54, 1.807) is 0 Å². The molecule has 0 spiro atoms. The van der Waals surface area contributed by atoms with E-state index < -0.39 is 5.60 Å². The van der Waals surface area contributed by atoms with Gasteiger partial charge in [-0.25, -0.2) is 4.79 Å². The molecule has 1 saturated heterocycles. The van der Waals surface area contributed by atoms with Gasteiger partial charge in [0.1, 0.15) is 5.60 Å². The molecule has 1 aromatic rings. The molecule has 0 unspecified atom stereocenters. The number of likely N-dealkylation sites (tertiary alicyclic amines) is 1. The minimum Gasteiger partial charge on any atom is -0.444 e. The monoisotopic (exact) mass is 322 g/mol. The van der Waals surface area contributed by atoms with E-state index in [1.807, 2.05) is 27.7 Å². The average Bonchev–Trinajstić information content (AvgIpc) is 3.06. The van der Waals surface area contributed by atoms with E-state index >= 15 is 0 Å². The predicted octanol–water partition coefficient (Wildman–Crippen LogP) is 2.11. The average molecular weight is 322 g/mol. The molecule has 1 saturated carbocycles. The van der Waals surface area contributed by atoms with Crippen LogP contribution in [0.4, 0.5) is 4.79 Å². The summed E-state index contributed by atoms with van der Waals surface area (Å²) in [5, 5.41) is 6.89. The molecule has 0 aromatic carbocycles. The molecule has 2 aliphatic rings. The van der Waals surface area contributed by atoms with Crippen LogP contribution in [0.1, 0.15) is 45.3 Å². The van der Waals surface area contributed by atoms with Gasteiger partial charge in [-0.3, -0.25) is 4.90 Å². The highest BCUT2D eigenvalue weighted by Crippen LogP contribution is 2.38. The highest BCUT2D eigenvalue weighted by Gasteiger charge is 2.43. The summed E-state index contributed by atoms with van der Waals surface area (Å²) < 4.78 is 10.6. The molecule has 0 radical (unpaired) electrons. The Bertz CT molecular complexity index is 566. The molecule has 1 aromatic heterocycles. The van der Waals surface area contributed by atoms with Gasteiger partial charge in [0.2, 0.25) is 5.89 Å². The van der Waals surface area contributed by atoms with E-state index in [-0.39, 0.29) is 12.1 Å². The normalized spacial score (nSPS) is 27.9. The molecular formula is C16H26N4O3. The summed E-state index contributed by atoms with van der Waals surface area (Å²) in [5.74, 6) is 2.44. The molecule has 1 aliphatic carbocycles. The van der Waals surface area contributed by atoms with Crippen molar-refractivity contribution in [2.45, 2.75) is 58.7 Å². The van der Waals surface area contributed by atoms with Crippen LogP contribution < -0.4 is 5.32 Å². The summed E-state index contributed by atoms with van der Waals surface area (Å²) in [5.41, 5.74) is -0.459. The van der Waals surface area contributed by atoms with Crippen LogP contribution in [0.25, 0.3) is 0 Å². The number of nitrogens with one attached hydrogen (secondary N) is 1. The van der Waals surface area contributed by atoms with Crippen molar-refractivity contribution in [1.82, 2.24) is 20.4 Å². The van der Waals surface area contributed by atoms with Crippen LogP contribution in [-0.4, -0.2) is 45.9 Å². The second-order valence-electron chi connectivity index (χ2n) is 7.68. The number of nitrogens with zero attached hydrogens (tertiary/aromatic N) is 3. The number of rotatable bonds is 3. The van der Waals surface area contributed by atoms with Gasteiger partial charge in [-0.15, -0.1) is 0 Å². The zero-order valence-electron chi connectivity index (χ0n) is 14.3. The number of alkyl carbamates (subject to hydrolysis) is 1. The predicted molar refractivity (Wildman–Crippen MR) is 83.7 cm³/mol. The summed E-state index contributed by atoms with van der Waals surface area (Å²) in [7, 11) is 0. The van der Waals surface area contributed by atoms with Crippen LogP contribution in [0.2, 0.25) is 0 Å². The van der Waals surface area contributed by atoms with Crippen molar-refractivity contribution in [3.63, 3.8) is 0 Å². The first-order valence-corrected chi connectivity index (χ1v) is 8.31. The maximum atomic E-state index is 12.0. The van der Waals surface area contributed by atoms with E-state index in [0.717, 1.165) is 25.9 Å². The summed E-state index contributed by atoms with van der Waals surface area (Å²) in [6.07, 6.45) is 1.86. The Balaban J connectivity index is 1.53. The second-order valence-corrected chi connectivity index (χ2v) is 7.68. The van der Waals surface area contributed by atoms with Gasteiger partial charge in [0.25, 0.3) is 0 Å². The first-order chi connectivity index (χ1) is 10.8. The summed E-state index contributed by atoms with van der Waals surface area (Å²) in [6, 6.07) is 0.198. The molecule has 3 rings (SSSR count). The number of hydrogen-bond donors (Lipinski definition) is 1. The molecule has 7 heteroatoms. The van der Waals surface area contributed by atoms with Crippen molar-refractivity contribution >= 4 is 6.09 Å². The van der Waals surface area contributed by atoms with Crippen LogP contribution in [0.3, 0.4) is 0 Å². The third-order valence-corrected chi connectivity index (χ3v) is 4.56. The quantitative estimate of drug-likeness (QED) is 0.918. The molecule has 1 N–H and O–H groups in total. The summed E-state index contributed by atoms with van der Waals surface area (Å²) >= 11 is 0. The number of aryl methyl sites for hydroxylation is 1. The van der Waals surface area contributed by atoms with Crippen molar-refractivity contribution in [2.75, 3.05) is 13.1 Å². The fourth-order valence-corrected chi connectivity index (χ4v) is 3.72. The fraction of sp³-hybridized carbons (Fsp3) is 0.812. The van der Waals surface area contributed by atoms with Crippen LogP contribution in [0, 0.1) is 18.8 Å². The smallest absolute Gasteiger partial charge is 0.407 e. The molecule has 2 fully saturated rings. The van der Waals surface area contributed by atoms with E-state index in [2.05, 4.69) is 20.4 Å². The largest absolute Gasteiger partial charge is 0.444 e. The molecule has 0 bridgehead atoms.